The van der Waals surface area contributed by atoms with Crippen molar-refractivity contribution in [2.75, 3.05) is 11.6 Å². The fraction of sp³-hybridized carbons (Fsp3) is 0.0690. The number of alkyl halides is 1. The van der Waals surface area contributed by atoms with Gasteiger partial charge < -0.3 is 12.4 Å². The van der Waals surface area contributed by atoms with Gasteiger partial charge >= 0.3 is 0 Å². The predicted molar refractivity (Wildman–Crippen MR) is 150 cm³/mol. The van der Waals surface area contributed by atoms with Crippen LogP contribution in [-0.4, -0.2) is 17.5 Å². The van der Waals surface area contributed by atoms with E-state index in [1.54, 1.807) is 11.8 Å². The number of carbonyl (C=O) groups excluding carboxylic acids is 1. The molecule has 4 rings (SSSR count). The lowest BCUT2D eigenvalue weighted by Gasteiger charge is -2.29. The van der Waals surface area contributed by atoms with Crippen LogP contribution in [0.3, 0.4) is 0 Å². The molecule has 0 heterocycles. The molecule has 0 aliphatic rings. The molecule has 0 saturated carbocycles. The van der Waals surface area contributed by atoms with Crippen LogP contribution in [0.4, 0.5) is 0 Å². The molecule has 0 saturated heterocycles. The van der Waals surface area contributed by atoms with Crippen LogP contribution in [0, 0.1) is 0 Å². The summed E-state index contributed by atoms with van der Waals surface area (Å²) in [5, 5.41) is 8.97. The highest BCUT2D eigenvalue weighted by atomic mass is 35.5. The second-order valence-corrected chi connectivity index (χ2v) is 12.3. The van der Waals surface area contributed by atoms with Crippen LogP contribution < -0.4 is 33.6 Å². The first-order valence-corrected chi connectivity index (χ1v) is 14.4. The smallest absolute Gasteiger partial charge is 0.258 e. The first kappa shape index (κ1) is 27.0. The summed E-state index contributed by atoms with van der Waals surface area (Å²) in [6, 6.07) is 40.9. The van der Waals surface area contributed by atoms with Crippen molar-refractivity contribution >= 4 is 52.4 Å². The number of halogens is 2. The van der Waals surface area contributed by atoms with Gasteiger partial charge in [0.15, 0.2) is 12.7 Å². The number of nitrogens with one attached hydrogen (secondary N) is 1. The Labute approximate surface area is 223 Å². The summed E-state index contributed by atoms with van der Waals surface area (Å²) in [6.45, 7) is 0. The molecule has 4 aromatic carbocycles. The van der Waals surface area contributed by atoms with Gasteiger partial charge in [-0.1, -0.05) is 72.8 Å². The molecule has 1 amide bonds. The Balaban J connectivity index is 0.00000342. The maximum atomic E-state index is 13.5. The second-order valence-electron chi connectivity index (χ2n) is 7.56. The molecule has 0 aliphatic heterocycles. The van der Waals surface area contributed by atoms with Crippen LogP contribution in [0.5, 0.6) is 0 Å². The monoisotopic (exact) mass is 537 g/mol. The zero-order valence-electron chi connectivity index (χ0n) is 19.1. The van der Waals surface area contributed by atoms with Crippen LogP contribution in [0.1, 0.15) is 10.4 Å². The van der Waals surface area contributed by atoms with E-state index in [-0.39, 0.29) is 18.3 Å². The van der Waals surface area contributed by atoms with Crippen LogP contribution in [0.2, 0.25) is 0 Å². The van der Waals surface area contributed by atoms with Gasteiger partial charge in [-0.15, -0.1) is 23.4 Å². The van der Waals surface area contributed by atoms with Crippen LogP contribution in [0.15, 0.2) is 132 Å². The summed E-state index contributed by atoms with van der Waals surface area (Å²) < 4.78 is 0. The summed E-state index contributed by atoms with van der Waals surface area (Å²) in [6.07, 6.45) is 0. The summed E-state index contributed by atoms with van der Waals surface area (Å²) in [7, 11) is -2.41. The Morgan fingerprint density at radius 1 is 0.714 bits per heavy atom. The standard InChI is InChI=1S/C29H25ClNOPS.ClH/c30-21-22-34-23-28(31-29(32)24-13-5-1-6-14-24)33(25-15-7-2-8-16-25,26-17-9-3-10-18-26)27-19-11-4-12-20-27;/h1-20,23H,21-22H2;1H. The maximum absolute atomic E-state index is 13.5. The Kier molecular flexibility index (Phi) is 10.4. The highest BCUT2D eigenvalue weighted by Crippen LogP contribution is 2.61. The lowest BCUT2D eigenvalue weighted by Crippen LogP contribution is -3.00. The zero-order valence-corrected chi connectivity index (χ0v) is 22.3. The van der Waals surface area contributed by atoms with E-state index < -0.39 is 7.26 Å². The Morgan fingerprint density at radius 3 is 1.51 bits per heavy atom. The number of rotatable bonds is 9. The third-order valence-corrected chi connectivity index (χ3v) is 11.1. The van der Waals surface area contributed by atoms with Gasteiger partial charge in [0.1, 0.15) is 15.9 Å². The van der Waals surface area contributed by atoms with E-state index in [2.05, 4.69) is 83.5 Å². The summed E-state index contributed by atoms with van der Waals surface area (Å²) in [4.78, 5) is 13.5. The van der Waals surface area contributed by atoms with Gasteiger partial charge in [0.2, 0.25) is 0 Å². The fourth-order valence-electron chi connectivity index (χ4n) is 3.97. The fourth-order valence-corrected chi connectivity index (χ4v) is 9.38. The van der Waals surface area contributed by atoms with Crippen molar-refractivity contribution in [2.24, 2.45) is 0 Å². The largest absolute Gasteiger partial charge is 1.00 e. The number of hydrogen-bond acceptors (Lipinski definition) is 2. The van der Waals surface area contributed by atoms with Gasteiger partial charge in [-0.25, -0.2) is 0 Å². The molecular formula is C29H26Cl2NOPS. The molecule has 0 atom stereocenters. The van der Waals surface area contributed by atoms with Crippen LogP contribution in [-0.2, 0) is 0 Å². The number of amides is 1. The number of hydrogen-bond donors (Lipinski definition) is 1. The van der Waals surface area contributed by atoms with Crippen molar-refractivity contribution in [1.82, 2.24) is 5.32 Å². The van der Waals surface area contributed by atoms with E-state index in [1.807, 2.05) is 48.5 Å². The number of benzene rings is 4. The lowest BCUT2D eigenvalue weighted by molar-refractivity contribution is -0.0000147. The molecule has 35 heavy (non-hydrogen) atoms. The van der Waals surface area contributed by atoms with Crippen molar-refractivity contribution in [1.29, 1.82) is 0 Å². The topological polar surface area (TPSA) is 29.1 Å². The number of thioether (sulfide) groups is 1. The highest BCUT2D eigenvalue weighted by Gasteiger charge is 2.50. The molecule has 6 heteroatoms. The molecule has 1 N–H and O–H groups in total. The van der Waals surface area contributed by atoms with Crippen molar-refractivity contribution in [2.45, 2.75) is 0 Å². The minimum absolute atomic E-state index is 0. The van der Waals surface area contributed by atoms with E-state index in [0.29, 0.717) is 11.4 Å². The molecule has 0 aliphatic carbocycles. The van der Waals surface area contributed by atoms with Gasteiger partial charge in [0.05, 0.1) is 0 Å². The van der Waals surface area contributed by atoms with Gasteiger partial charge in [-0.2, -0.15) is 0 Å². The quantitative estimate of drug-likeness (QED) is 0.202. The van der Waals surface area contributed by atoms with Gasteiger partial charge in [-0.05, 0) is 48.5 Å². The van der Waals surface area contributed by atoms with E-state index in [0.717, 1.165) is 11.2 Å². The maximum Gasteiger partial charge on any atom is 0.258 e. The molecule has 2 nitrogen and oxygen atoms in total. The Morgan fingerprint density at radius 2 is 1.11 bits per heavy atom. The molecule has 0 radical (unpaired) electrons. The van der Waals surface area contributed by atoms with Gasteiger partial charge in [0.25, 0.3) is 5.91 Å². The molecule has 0 unspecified atom stereocenters. The summed E-state index contributed by atoms with van der Waals surface area (Å²) >= 11 is 7.65. The molecule has 0 aromatic heterocycles. The predicted octanol–water partition coefficient (Wildman–Crippen LogP) is 3.19. The van der Waals surface area contributed by atoms with Crippen LogP contribution in [0.25, 0.3) is 0 Å². The normalized spacial score (nSPS) is 11.4. The van der Waals surface area contributed by atoms with Crippen molar-refractivity contribution in [3.63, 3.8) is 0 Å². The van der Waals surface area contributed by atoms with Crippen molar-refractivity contribution in [3.05, 3.63) is 138 Å². The summed E-state index contributed by atoms with van der Waals surface area (Å²) in [5.41, 5.74) is 1.53. The van der Waals surface area contributed by atoms with Gasteiger partial charge in [0, 0.05) is 22.6 Å². The van der Waals surface area contributed by atoms with E-state index in [4.69, 9.17) is 11.6 Å². The molecule has 0 bridgehead atoms. The molecule has 4 aromatic rings. The molecule has 178 valence electrons. The minimum Gasteiger partial charge on any atom is -1.00 e. The molecule has 0 spiro atoms. The van der Waals surface area contributed by atoms with E-state index in [1.165, 1.54) is 15.9 Å². The number of carbonyl (C=O) groups is 1. The lowest BCUT2D eigenvalue weighted by atomic mass is 10.2. The van der Waals surface area contributed by atoms with Gasteiger partial charge in [-0.3, -0.25) is 10.1 Å². The van der Waals surface area contributed by atoms with Crippen molar-refractivity contribution < 1.29 is 17.2 Å². The Bertz CT molecular complexity index is 1130. The van der Waals surface area contributed by atoms with E-state index in [9.17, 15) is 4.79 Å². The highest BCUT2D eigenvalue weighted by molar-refractivity contribution is 8.04. The molecular weight excluding hydrogens is 512 g/mol. The first-order chi connectivity index (χ1) is 16.8. The molecule has 0 fully saturated rings. The minimum atomic E-state index is -2.41. The Hall–Kier alpha value is -2.55. The van der Waals surface area contributed by atoms with Crippen molar-refractivity contribution in [3.8, 4) is 0 Å². The average molecular weight is 538 g/mol. The average Bonchev–Trinajstić information content (AvgIpc) is 2.91. The SMILES string of the molecule is O=C(NC(=CSCCCl)[P+](c1ccccc1)(c1ccccc1)c1ccccc1)c1ccccc1.[Cl-]. The third kappa shape index (κ3) is 6.18. The zero-order chi connectivity index (χ0) is 23.6. The summed E-state index contributed by atoms with van der Waals surface area (Å²) in [5.74, 6) is 1.17. The first-order valence-electron chi connectivity index (χ1n) is 11.1. The third-order valence-electron chi connectivity index (χ3n) is 5.46. The van der Waals surface area contributed by atoms with Crippen LogP contribution >= 0.6 is 30.6 Å². The second kappa shape index (κ2) is 13.5. The van der Waals surface area contributed by atoms with E-state index >= 15 is 0 Å².